The fourth-order valence-electron chi connectivity index (χ4n) is 3.13. The van der Waals surface area contributed by atoms with Crippen LogP contribution in [0.1, 0.15) is 49.4 Å². The van der Waals surface area contributed by atoms with E-state index in [2.05, 4.69) is 4.72 Å². The molecule has 0 radical (unpaired) electrons. The number of methoxy groups -OCH3 is 3. The van der Waals surface area contributed by atoms with Crippen LogP contribution in [0.15, 0.2) is 35.2 Å². The molecule has 0 heterocycles. The van der Waals surface area contributed by atoms with Crippen molar-refractivity contribution in [3.63, 3.8) is 0 Å². The Morgan fingerprint density at radius 2 is 1.50 bits per heavy atom. The molecule has 1 atom stereocenters. The summed E-state index contributed by atoms with van der Waals surface area (Å²) in [5, 5.41) is 0. The molecule has 0 bridgehead atoms. The topological polar surface area (TPSA) is 73.9 Å². The van der Waals surface area contributed by atoms with Crippen LogP contribution in [0.3, 0.4) is 0 Å². The second-order valence-electron chi connectivity index (χ2n) is 6.97. The van der Waals surface area contributed by atoms with Crippen LogP contribution >= 0.6 is 0 Å². The van der Waals surface area contributed by atoms with E-state index in [-0.39, 0.29) is 10.8 Å². The molecule has 2 aromatic rings. The lowest BCUT2D eigenvalue weighted by molar-refractivity contribution is 0.395. The van der Waals surface area contributed by atoms with Crippen molar-refractivity contribution in [1.29, 1.82) is 0 Å². The zero-order valence-electron chi connectivity index (χ0n) is 17.5. The first-order valence-electron chi connectivity index (χ1n) is 9.07. The van der Waals surface area contributed by atoms with Crippen LogP contribution in [0.5, 0.6) is 17.2 Å². The van der Waals surface area contributed by atoms with Gasteiger partial charge in [-0.15, -0.1) is 0 Å². The highest BCUT2D eigenvalue weighted by Gasteiger charge is 2.24. The maximum absolute atomic E-state index is 13.1. The van der Waals surface area contributed by atoms with Crippen LogP contribution in [0.25, 0.3) is 0 Å². The lowest BCUT2D eigenvalue weighted by atomic mass is 10.0. The number of nitrogens with one attached hydrogen (secondary N) is 1. The first-order chi connectivity index (χ1) is 13.1. The standard InChI is InChI=1S/C21H29NO5S/c1-13(2)17-12-21(14(3)10-20(17)27-7)28(23,24)22-15(4)18-11-16(25-5)8-9-19(18)26-6/h8-13,15,22H,1-7H3. The minimum atomic E-state index is -3.77. The van der Waals surface area contributed by atoms with Gasteiger partial charge in [-0.3, -0.25) is 0 Å². The van der Waals surface area contributed by atoms with Crippen LogP contribution in [0.2, 0.25) is 0 Å². The molecule has 154 valence electrons. The van der Waals surface area contributed by atoms with E-state index in [1.807, 2.05) is 13.8 Å². The molecule has 0 fully saturated rings. The summed E-state index contributed by atoms with van der Waals surface area (Å²) in [6, 6.07) is 8.24. The maximum atomic E-state index is 13.1. The Kier molecular flexibility index (Phi) is 6.96. The van der Waals surface area contributed by atoms with Crippen molar-refractivity contribution in [2.24, 2.45) is 0 Å². The van der Waals surface area contributed by atoms with Crippen LogP contribution in [0, 0.1) is 6.92 Å². The lowest BCUT2D eigenvalue weighted by Crippen LogP contribution is -2.28. The molecule has 0 aliphatic carbocycles. The van der Waals surface area contributed by atoms with Gasteiger partial charge in [-0.05, 0) is 61.2 Å². The van der Waals surface area contributed by atoms with Gasteiger partial charge < -0.3 is 14.2 Å². The molecule has 2 aromatic carbocycles. The first kappa shape index (κ1) is 22.0. The monoisotopic (exact) mass is 407 g/mol. The minimum absolute atomic E-state index is 0.125. The fraction of sp³-hybridized carbons (Fsp3) is 0.429. The molecule has 28 heavy (non-hydrogen) atoms. The van der Waals surface area contributed by atoms with Gasteiger partial charge in [0.1, 0.15) is 17.2 Å². The first-order valence-corrected chi connectivity index (χ1v) is 10.6. The summed E-state index contributed by atoms with van der Waals surface area (Å²) in [6.45, 7) is 7.54. The summed E-state index contributed by atoms with van der Waals surface area (Å²) in [6.07, 6.45) is 0. The van der Waals surface area contributed by atoms with Gasteiger partial charge in [0.15, 0.2) is 0 Å². The maximum Gasteiger partial charge on any atom is 0.241 e. The van der Waals surface area contributed by atoms with Gasteiger partial charge in [0.2, 0.25) is 10.0 Å². The van der Waals surface area contributed by atoms with Crippen molar-refractivity contribution in [2.45, 2.75) is 44.6 Å². The average Bonchev–Trinajstić information content (AvgIpc) is 2.66. The Morgan fingerprint density at radius 3 is 2.04 bits per heavy atom. The highest BCUT2D eigenvalue weighted by atomic mass is 32.2. The summed E-state index contributed by atoms with van der Waals surface area (Å²) >= 11 is 0. The highest BCUT2D eigenvalue weighted by molar-refractivity contribution is 7.89. The third kappa shape index (κ3) is 4.59. The molecule has 0 aliphatic heterocycles. The van der Waals surface area contributed by atoms with Gasteiger partial charge in [-0.25, -0.2) is 13.1 Å². The predicted molar refractivity (Wildman–Crippen MR) is 110 cm³/mol. The molecular weight excluding hydrogens is 378 g/mol. The Morgan fingerprint density at radius 1 is 0.857 bits per heavy atom. The molecule has 2 rings (SSSR count). The van der Waals surface area contributed by atoms with E-state index < -0.39 is 16.1 Å². The third-order valence-electron chi connectivity index (χ3n) is 4.67. The van der Waals surface area contributed by atoms with E-state index in [1.165, 1.54) is 0 Å². The number of hydrogen-bond acceptors (Lipinski definition) is 5. The molecule has 6 nitrogen and oxygen atoms in total. The number of aryl methyl sites for hydroxylation is 1. The normalized spacial score (nSPS) is 12.7. The van der Waals surface area contributed by atoms with Crippen LogP contribution in [0.4, 0.5) is 0 Å². The zero-order chi connectivity index (χ0) is 21.1. The molecule has 0 aromatic heterocycles. The smallest absolute Gasteiger partial charge is 0.241 e. The second kappa shape index (κ2) is 8.84. The quantitative estimate of drug-likeness (QED) is 0.710. The Labute approximate surface area is 167 Å². The van der Waals surface area contributed by atoms with E-state index in [0.29, 0.717) is 28.4 Å². The highest BCUT2D eigenvalue weighted by Crippen LogP contribution is 2.33. The molecule has 1 unspecified atom stereocenters. The lowest BCUT2D eigenvalue weighted by Gasteiger charge is -2.20. The summed E-state index contributed by atoms with van der Waals surface area (Å²) in [7, 11) is 0.936. The Bertz CT molecular complexity index is 938. The summed E-state index contributed by atoms with van der Waals surface area (Å²) in [5.74, 6) is 2.03. The number of benzene rings is 2. The molecule has 0 spiro atoms. The molecule has 0 amide bonds. The van der Waals surface area contributed by atoms with Gasteiger partial charge in [-0.1, -0.05) is 13.8 Å². The Balaban J connectivity index is 2.45. The van der Waals surface area contributed by atoms with Crippen LogP contribution in [-0.4, -0.2) is 29.7 Å². The molecule has 7 heteroatoms. The van der Waals surface area contributed by atoms with E-state index in [4.69, 9.17) is 14.2 Å². The summed E-state index contributed by atoms with van der Waals surface area (Å²) in [5.41, 5.74) is 2.17. The largest absolute Gasteiger partial charge is 0.497 e. The minimum Gasteiger partial charge on any atom is -0.497 e. The number of rotatable bonds is 8. The summed E-state index contributed by atoms with van der Waals surface area (Å²) in [4.78, 5) is 0.241. The van der Waals surface area contributed by atoms with E-state index in [0.717, 1.165) is 5.56 Å². The van der Waals surface area contributed by atoms with Crippen molar-refractivity contribution >= 4 is 10.0 Å². The van der Waals surface area contributed by atoms with Gasteiger partial charge >= 0.3 is 0 Å². The molecule has 1 N–H and O–H groups in total. The average molecular weight is 408 g/mol. The van der Waals surface area contributed by atoms with Gasteiger partial charge in [0.05, 0.1) is 26.2 Å². The Hall–Kier alpha value is -2.25. The van der Waals surface area contributed by atoms with Crippen molar-refractivity contribution in [2.75, 3.05) is 21.3 Å². The van der Waals surface area contributed by atoms with Crippen LogP contribution in [-0.2, 0) is 10.0 Å². The number of ether oxygens (including phenoxy) is 3. The number of sulfonamides is 1. The number of hydrogen-bond donors (Lipinski definition) is 1. The molecule has 0 aliphatic rings. The van der Waals surface area contributed by atoms with Crippen molar-refractivity contribution in [3.05, 3.63) is 47.0 Å². The van der Waals surface area contributed by atoms with Gasteiger partial charge in [0, 0.05) is 11.6 Å². The summed E-state index contributed by atoms with van der Waals surface area (Å²) < 4.78 is 45.1. The second-order valence-corrected chi connectivity index (χ2v) is 8.65. The molecular formula is C21H29NO5S. The van der Waals surface area contributed by atoms with Crippen molar-refractivity contribution in [1.82, 2.24) is 4.72 Å². The third-order valence-corrected chi connectivity index (χ3v) is 6.36. The SMILES string of the molecule is COc1ccc(OC)c(C(C)NS(=O)(=O)c2cc(C(C)C)c(OC)cc2C)c1. The molecule has 0 saturated carbocycles. The zero-order valence-corrected chi connectivity index (χ0v) is 18.3. The van der Waals surface area contributed by atoms with Crippen molar-refractivity contribution < 1.29 is 22.6 Å². The van der Waals surface area contributed by atoms with E-state index in [1.54, 1.807) is 65.5 Å². The predicted octanol–water partition coefficient (Wildman–Crippen LogP) is 4.18. The molecule has 0 saturated heterocycles. The van der Waals surface area contributed by atoms with E-state index >= 15 is 0 Å². The van der Waals surface area contributed by atoms with Gasteiger partial charge in [0.25, 0.3) is 0 Å². The van der Waals surface area contributed by atoms with Gasteiger partial charge in [-0.2, -0.15) is 0 Å². The fourth-order valence-corrected chi connectivity index (χ4v) is 4.62. The van der Waals surface area contributed by atoms with Crippen molar-refractivity contribution in [3.8, 4) is 17.2 Å². The van der Waals surface area contributed by atoms with E-state index in [9.17, 15) is 8.42 Å². The van der Waals surface area contributed by atoms with Crippen LogP contribution < -0.4 is 18.9 Å².